The van der Waals surface area contributed by atoms with Crippen molar-refractivity contribution in [3.05, 3.63) is 35.4 Å². The lowest BCUT2D eigenvalue weighted by molar-refractivity contribution is -0.145. The summed E-state index contributed by atoms with van der Waals surface area (Å²) in [4.78, 5) is 19.0. The monoisotopic (exact) mass is 545 g/mol. The third-order valence-corrected chi connectivity index (χ3v) is 5.81. The molecule has 2 atom stereocenters. The highest BCUT2D eigenvalue weighted by atomic mass is 127. The normalized spacial score (nSPS) is 22.2. The number of likely N-dealkylation sites (tertiary alicyclic amines) is 1. The summed E-state index contributed by atoms with van der Waals surface area (Å²) in [6.07, 6.45) is 2.23. The summed E-state index contributed by atoms with van der Waals surface area (Å²) >= 11 is 0. The molecule has 0 saturated carbocycles. The summed E-state index contributed by atoms with van der Waals surface area (Å²) in [6, 6.07) is 8.41. The molecule has 0 spiro atoms. The van der Waals surface area contributed by atoms with Crippen LogP contribution < -0.4 is 5.32 Å². The summed E-state index contributed by atoms with van der Waals surface area (Å²) in [6.45, 7) is 9.15. The Kier molecular flexibility index (Phi) is 11.0. The lowest BCUT2D eigenvalue weighted by Crippen LogP contribution is -2.40. The molecule has 2 unspecified atom stereocenters. The number of nitrogens with one attached hydrogen (secondary N) is 1. The first-order chi connectivity index (χ1) is 14.6. The number of hydrogen-bond acceptors (Lipinski definition) is 5. The van der Waals surface area contributed by atoms with E-state index in [0.717, 1.165) is 50.7 Å². The molecule has 0 amide bonds. The first-order valence-electron chi connectivity index (χ1n) is 11.0. The number of carbonyl (C=O) groups is 1. The lowest BCUT2D eigenvalue weighted by atomic mass is 9.99. The average Bonchev–Trinajstić information content (AvgIpc) is 3.17. The molecule has 1 aromatic carbocycles. The van der Waals surface area contributed by atoms with Gasteiger partial charge in [0.25, 0.3) is 0 Å². The molecule has 174 valence electrons. The number of hydrogen-bond donors (Lipinski definition) is 1. The van der Waals surface area contributed by atoms with Crippen molar-refractivity contribution in [2.75, 3.05) is 40.0 Å². The van der Waals surface area contributed by atoms with Gasteiger partial charge in [-0.3, -0.25) is 4.79 Å². The molecule has 0 radical (unpaired) electrons. The van der Waals surface area contributed by atoms with Crippen molar-refractivity contribution in [2.45, 2.75) is 45.9 Å². The fourth-order valence-electron chi connectivity index (χ4n) is 4.06. The molecule has 7 nitrogen and oxygen atoms in total. The molecule has 0 aliphatic carbocycles. The first kappa shape index (κ1) is 25.9. The van der Waals surface area contributed by atoms with Crippen molar-refractivity contribution in [1.82, 2.24) is 10.2 Å². The Morgan fingerprint density at radius 2 is 2.00 bits per heavy atom. The number of methoxy groups -OCH3 is 1. The van der Waals surface area contributed by atoms with Crippen LogP contribution in [0.5, 0.6) is 0 Å². The molecular weight excluding hydrogens is 509 g/mol. The van der Waals surface area contributed by atoms with E-state index in [9.17, 15) is 4.79 Å². The van der Waals surface area contributed by atoms with Gasteiger partial charge in [-0.1, -0.05) is 31.2 Å². The van der Waals surface area contributed by atoms with Crippen LogP contribution in [0.4, 0.5) is 0 Å². The van der Waals surface area contributed by atoms with E-state index in [1.165, 1.54) is 12.7 Å². The van der Waals surface area contributed by atoms with Crippen LogP contribution >= 0.6 is 24.0 Å². The third kappa shape index (κ3) is 7.61. The molecule has 1 aromatic rings. The van der Waals surface area contributed by atoms with E-state index in [0.29, 0.717) is 25.8 Å². The van der Waals surface area contributed by atoms with Gasteiger partial charge in [-0.05, 0) is 36.8 Å². The molecule has 0 aromatic heterocycles. The molecule has 2 saturated heterocycles. The predicted molar refractivity (Wildman–Crippen MR) is 132 cm³/mol. The highest BCUT2D eigenvalue weighted by Gasteiger charge is 2.36. The Balaban J connectivity index is 0.00000341. The number of aliphatic imine (C=N–C) groups is 1. The molecule has 0 bridgehead atoms. The fraction of sp³-hybridized carbons (Fsp3) is 0.652. The van der Waals surface area contributed by atoms with Gasteiger partial charge >= 0.3 is 5.97 Å². The largest absolute Gasteiger partial charge is 0.469 e. The molecule has 8 heteroatoms. The van der Waals surface area contributed by atoms with Crippen molar-refractivity contribution in [1.29, 1.82) is 0 Å². The van der Waals surface area contributed by atoms with Gasteiger partial charge in [0.05, 0.1) is 32.3 Å². The van der Waals surface area contributed by atoms with Crippen LogP contribution in [0.25, 0.3) is 0 Å². The maximum absolute atomic E-state index is 12.0. The molecule has 1 N–H and O–H groups in total. The van der Waals surface area contributed by atoms with Gasteiger partial charge in [0.2, 0.25) is 0 Å². The zero-order valence-electron chi connectivity index (χ0n) is 18.8. The second-order valence-corrected chi connectivity index (χ2v) is 8.12. The Labute approximate surface area is 202 Å². The number of esters is 1. The van der Waals surface area contributed by atoms with Crippen LogP contribution in [-0.4, -0.2) is 62.9 Å². The van der Waals surface area contributed by atoms with Gasteiger partial charge in [-0.15, -0.1) is 24.0 Å². The predicted octanol–water partition coefficient (Wildman–Crippen LogP) is 3.21. The summed E-state index contributed by atoms with van der Waals surface area (Å²) in [5, 5.41) is 3.36. The van der Waals surface area contributed by atoms with Gasteiger partial charge < -0.3 is 24.4 Å². The Morgan fingerprint density at radius 3 is 2.71 bits per heavy atom. The molecule has 31 heavy (non-hydrogen) atoms. The van der Waals surface area contributed by atoms with Gasteiger partial charge in [-0.2, -0.15) is 0 Å². The van der Waals surface area contributed by atoms with Crippen LogP contribution in [0.15, 0.2) is 29.3 Å². The van der Waals surface area contributed by atoms with Crippen molar-refractivity contribution in [3.8, 4) is 0 Å². The Hall–Kier alpha value is -1.39. The summed E-state index contributed by atoms with van der Waals surface area (Å²) in [5.41, 5.74) is 2.31. The van der Waals surface area contributed by atoms with Crippen molar-refractivity contribution in [2.24, 2.45) is 16.8 Å². The van der Waals surface area contributed by atoms with E-state index in [-0.39, 0.29) is 41.8 Å². The smallest absolute Gasteiger partial charge is 0.310 e. The van der Waals surface area contributed by atoms with E-state index < -0.39 is 0 Å². The van der Waals surface area contributed by atoms with Crippen LogP contribution in [-0.2, 0) is 32.2 Å². The fourth-order valence-corrected chi connectivity index (χ4v) is 4.06. The Bertz CT molecular complexity index is 725. The van der Waals surface area contributed by atoms with Crippen LogP contribution in [0, 0.1) is 11.8 Å². The van der Waals surface area contributed by atoms with Crippen LogP contribution in [0.1, 0.15) is 37.8 Å². The van der Waals surface area contributed by atoms with E-state index in [4.69, 9.17) is 19.2 Å². The topological polar surface area (TPSA) is 72.4 Å². The van der Waals surface area contributed by atoms with Crippen molar-refractivity contribution < 1.29 is 19.0 Å². The second kappa shape index (κ2) is 13.2. The first-order valence-corrected chi connectivity index (χ1v) is 11.0. The van der Waals surface area contributed by atoms with E-state index >= 15 is 0 Å². The third-order valence-electron chi connectivity index (χ3n) is 5.81. The maximum Gasteiger partial charge on any atom is 0.310 e. The number of halogens is 1. The van der Waals surface area contributed by atoms with E-state index in [1.54, 1.807) is 0 Å². The molecule has 2 fully saturated rings. The second-order valence-electron chi connectivity index (χ2n) is 8.12. The zero-order chi connectivity index (χ0) is 21.3. The highest BCUT2D eigenvalue weighted by molar-refractivity contribution is 14.0. The van der Waals surface area contributed by atoms with Crippen LogP contribution in [0.3, 0.4) is 0 Å². The minimum absolute atomic E-state index is 0. The van der Waals surface area contributed by atoms with E-state index in [1.807, 2.05) is 0 Å². The van der Waals surface area contributed by atoms with Gasteiger partial charge in [0, 0.05) is 32.8 Å². The average molecular weight is 545 g/mol. The van der Waals surface area contributed by atoms with Crippen molar-refractivity contribution in [3.63, 3.8) is 0 Å². The Morgan fingerprint density at radius 1 is 1.26 bits per heavy atom. The lowest BCUT2D eigenvalue weighted by Gasteiger charge is -2.22. The SMILES string of the molecule is CCNC(=NCc1cccc(COC2CCOCC2)c1)N1CC(C)C(C(=O)OC)C1.I. The summed E-state index contributed by atoms with van der Waals surface area (Å²) < 4.78 is 16.4. The standard InChI is InChI=1S/C23H35N3O4.HI/c1-4-24-23(26-14-17(2)21(15-26)22(27)28-3)25-13-18-6-5-7-19(12-18)16-30-20-8-10-29-11-9-20;/h5-7,12,17,20-21H,4,8-11,13-16H2,1-3H3,(H,24,25);1H. The number of guanidine groups is 1. The minimum atomic E-state index is -0.141. The quantitative estimate of drug-likeness (QED) is 0.246. The molecule has 2 aliphatic heterocycles. The highest BCUT2D eigenvalue weighted by Crippen LogP contribution is 2.24. The molecule has 2 aliphatic rings. The minimum Gasteiger partial charge on any atom is -0.469 e. The molecule has 2 heterocycles. The summed E-state index contributed by atoms with van der Waals surface area (Å²) in [5.74, 6) is 0.842. The number of benzene rings is 1. The molecular formula is C23H36IN3O4. The van der Waals surface area contributed by atoms with Crippen molar-refractivity contribution >= 4 is 35.9 Å². The number of rotatable bonds is 7. The number of ether oxygens (including phenoxy) is 3. The number of nitrogens with zero attached hydrogens (tertiary/aromatic N) is 2. The summed E-state index contributed by atoms with van der Waals surface area (Å²) in [7, 11) is 1.45. The zero-order valence-corrected chi connectivity index (χ0v) is 21.2. The van der Waals surface area contributed by atoms with E-state index in [2.05, 4.69) is 48.3 Å². The van der Waals surface area contributed by atoms with Gasteiger partial charge in [0.1, 0.15) is 0 Å². The number of carbonyl (C=O) groups excluding carboxylic acids is 1. The maximum atomic E-state index is 12.0. The van der Waals surface area contributed by atoms with Crippen LogP contribution in [0.2, 0.25) is 0 Å². The molecule has 3 rings (SSSR count). The van der Waals surface area contributed by atoms with Gasteiger partial charge in [-0.25, -0.2) is 4.99 Å². The van der Waals surface area contributed by atoms with Gasteiger partial charge in [0.15, 0.2) is 5.96 Å².